The number of nitrogens with two attached hydrogens (primary N) is 1. The number of morpholine rings is 1. The average molecular weight is 439 g/mol. The third kappa shape index (κ3) is 4.93. The van der Waals surface area contributed by atoms with Crippen molar-refractivity contribution in [2.24, 2.45) is 5.73 Å². The molecular weight excluding hydrogens is 414 g/mol. The number of ether oxygens (including phenoxy) is 1. The van der Waals surface area contributed by atoms with E-state index in [1.165, 1.54) is 21.9 Å². The van der Waals surface area contributed by atoms with E-state index in [2.05, 4.69) is 5.32 Å². The Balaban J connectivity index is 1.69. The molecule has 168 valence electrons. The maximum Gasteiger partial charge on any atom is 0.259 e. The number of benzene rings is 2. The fourth-order valence-corrected chi connectivity index (χ4v) is 3.22. The van der Waals surface area contributed by atoms with Gasteiger partial charge in [-0.2, -0.15) is 0 Å². The molecule has 3 rings (SSSR count). The third-order valence-corrected chi connectivity index (χ3v) is 4.97. The molecule has 0 saturated carbocycles. The van der Waals surface area contributed by atoms with Crippen molar-refractivity contribution in [3.05, 3.63) is 59.7 Å². The van der Waals surface area contributed by atoms with Gasteiger partial charge in [0.25, 0.3) is 17.7 Å². The van der Waals surface area contributed by atoms with Gasteiger partial charge in [0.1, 0.15) is 5.84 Å². The Hall–Kier alpha value is -3.76. The molecule has 10 heteroatoms. The molecule has 1 heterocycles. The number of aliphatic hydroxyl groups excluding tert-OH is 1. The van der Waals surface area contributed by atoms with E-state index in [1.54, 1.807) is 50.5 Å². The quantitative estimate of drug-likeness (QED) is 0.378. The Kier molecular flexibility index (Phi) is 6.86. The summed E-state index contributed by atoms with van der Waals surface area (Å²) < 4.78 is 5.40. The molecule has 5 N–H and O–H groups in total. The fraction of sp³-hybridized carbons (Fsp3) is 0.273. The van der Waals surface area contributed by atoms with Gasteiger partial charge in [-0.25, -0.2) is 0 Å². The number of carbonyl (C=O) groups excluding carboxylic acids is 3. The van der Waals surface area contributed by atoms with Crippen LogP contribution in [0.15, 0.2) is 48.5 Å². The highest BCUT2D eigenvalue weighted by molar-refractivity contribution is 6.04. The average Bonchev–Trinajstić information content (AvgIpc) is 2.78. The molecule has 1 fully saturated rings. The predicted molar refractivity (Wildman–Crippen MR) is 119 cm³/mol. The molecule has 32 heavy (non-hydrogen) atoms. The van der Waals surface area contributed by atoms with E-state index in [1.807, 2.05) is 0 Å². The standard InChI is InChI=1S/C22H25N5O5/c1-26(2)21(30)14-5-9-16(10-6-14)27-11-12-32-18(22(27)31)17(28)20(29)25-15-7-3-13(4-8-15)19(23)24/h3-10,17-18,28H,11-12H2,1-2H3,(H3,23,24)(H,25,29)/t17-,18-/m1/s1. The smallest absolute Gasteiger partial charge is 0.259 e. The molecule has 0 radical (unpaired) electrons. The SMILES string of the molecule is CN(C)C(=O)c1ccc(N2CCO[C@H]([C@@H](O)C(=O)Nc3ccc(C(=N)N)cc3)C2=O)cc1. The van der Waals surface area contributed by atoms with Crippen molar-refractivity contribution in [2.75, 3.05) is 37.5 Å². The van der Waals surface area contributed by atoms with Gasteiger partial charge in [-0.05, 0) is 48.5 Å². The Bertz CT molecular complexity index is 1020. The first-order valence-electron chi connectivity index (χ1n) is 9.87. The van der Waals surface area contributed by atoms with E-state index >= 15 is 0 Å². The summed E-state index contributed by atoms with van der Waals surface area (Å²) in [7, 11) is 3.30. The van der Waals surface area contributed by atoms with Crippen molar-refractivity contribution in [3.8, 4) is 0 Å². The van der Waals surface area contributed by atoms with Crippen LogP contribution in [0.25, 0.3) is 0 Å². The summed E-state index contributed by atoms with van der Waals surface area (Å²) in [6.45, 7) is 0.379. The molecule has 0 bridgehead atoms. The van der Waals surface area contributed by atoms with E-state index in [4.69, 9.17) is 15.9 Å². The van der Waals surface area contributed by atoms with Crippen molar-refractivity contribution in [1.82, 2.24) is 4.90 Å². The number of carbonyl (C=O) groups is 3. The van der Waals surface area contributed by atoms with E-state index in [-0.39, 0.29) is 24.9 Å². The van der Waals surface area contributed by atoms with Crippen LogP contribution in [0.3, 0.4) is 0 Å². The molecule has 2 aromatic rings. The molecule has 1 aliphatic heterocycles. The summed E-state index contributed by atoms with van der Waals surface area (Å²) in [6.07, 6.45) is -3.10. The van der Waals surface area contributed by atoms with Crippen LogP contribution < -0.4 is 16.0 Å². The predicted octanol–water partition coefficient (Wildman–Crippen LogP) is 0.404. The number of aliphatic hydroxyl groups is 1. The van der Waals surface area contributed by atoms with Gasteiger partial charge in [0.15, 0.2) is 12.2 Å². The molecule has 1 saturated heterocycles. The number of nitrogen functional groups attached to an aromatic ring is 1. The zero-order chi connectivity index (χ0) is 23.4. The second kappa shape index (κ2) is 9.58. The molecule has 0 aromatic heterocycles. The zero-order valence-corrected chi connectivity index (χ0v) is 17.7. The van der Waals surface area contributed by atoms with Crippen LogP contribution in [0, 0.1) is 5.41 Å². The third-order valence-electron chi connectivity index (χ3n) is 4.97. The Morgan fingerprint density at radius 2 is 1.75 bits per heavy atom. The van der Waals surface area contributed by atoms with Crippen molar-refractivity contribution in [1.29, 1.82) is 5.41 Å². The number of anilines is 2. The summed E-state index contributed by atoms with van der Waals surface area (Å²) in [6, 6.07) is 12.7. The molecule has 1 aliphatic rings. The molecular formula is C22H25N5O5. The number of rotatable bonds is 6. The van der Waals surface area contributed by atoms with Crippen molar-refractivity contribution < 1.29 is 24.2 Å². The van der Waals surface area contributed by atoms with Crippen LogP contribution in [-0.4, -0.2) is 73.0 Å². The number of nitrogens with zero attached hydrogens (tertiary/aromatic N) is 2. The largest absolute Gasteiger partial charge is 0.384 e. The first-order valence-corrected chi connectivity index (χ1v) is 9.87. The summed E-state index contributed by atoms with van der Waals surface area (Å²) in [5, 5.41) is 20.4. The van der Waals surface area contributed by atoms with Crippen molar-refractivity contribution >= 4 is 34.9 Å². The summed E-state index contributed by atoms with van der Waals surface area (Å²) in [4.78, 5) is 40.3. The second-order valence-corrected chi connectivity index (χ2v) is 7.45. The van der Waals surface area contributed by atoms with Gasteiger partial charge in [0, 0.05) is 43.1 Å². The summed E-state index contributed by atoms with van der Waals surface area (Å²) in [5.41, 5.74) is 7.28. The topological polar surface area (TPSA) is 149 Å². The highest BCUT2D eigenvalue weighted by Crippen LogP contribution is 2.22. The summed E-state index contributed by atoms with van der Waals surface area (Å²) >= 11 is 0. The van der Waals surface area contributed by atoms with Crippen molar-refractivity contribution in [3.63, 3.8) is 0 Å². The van der Waals surface area contributed by atoms with E-state index in [0.29, 0.717) is 22.5 Å². The van der Waals surface area contributed by atoms with Crippen molar-refractivity contribution in [2.45, 2.75) is 12.2 Å². The Labute approximate surface area is 185 Å². The molecule has 3 amide bonds. The number of amides is 3. The maximum atomic E-state index is 12.9. The van der Waals surface area contributed by atoms with Crippen LogP contribution in [0.1, 0.15) is 15.9 Å². The lowest BCUT2D eigenvalue weighted by Gasteiger charge is -2.34. The number of hydrogen-bond acceptors (Lipinski definition) is 6. The van der Waals surface area contributed by atoms with Crippen LogP contribution in [0.2, 0.25) is 0 Å². The van der Waals surface area contributed by atoms with Gasteiger partial charge in [-0.3, -0.25) is 19.8 Å². The maximum absolute atomic E-state index is 12.9. The Morgan fingerprint density at radius 3 is 2.31 bits per heavy atom. The minimum atomic E-state index is -1.73. The number of nitrogens with one attached hydrogen (secondary N) is 2. The molecule has 0 unspecified atom stereocenters. The van der Waals surface area contributed by atoms with Crippen LogP contribution in [0.4, 0.5) is 11.4 Å². The lowest BCUT2D eigenvalue weighted by atomic mass is 10.1. The first-order chi connectivity index (χ1) is 15.2. The second-order valence-electron chi connectivity index (χ2n) is 7.45. The lowest BCUT2D eigenvalue weighted by molar-refractivity contribution is -0.150. The Morgan fingerprint density at radius 1 is 1.16 bits per heavy atom. The van der Waals surface area contributed by atoms with E-state index in [0.717, 1.165) is 0 Å². The van der Waals surface area contributed by atoms with Gasteiger partial charge in [0.05, 0.1) is 6.61 Å². The van der Waals surface area contributed by atoms with E-state index in [9.17, 15) is 19.5 Å². The van der Waals surface area contributed by atoms with Gasteiger partial charge in [-0.15, -0.1) is 0 Å². The first kappa shape index (κ1) is 22.9. The highest BCUT2D eigenvalue weighted by atomic mass is 16.5. The monoisotopic (exact) mass is 439 g/mol. The van der Waals surface area contributed by atoms with Gasteiger partial charge in [-0.1, -0.05) is 0 Å². The van der Waals surface area contributed by atoms with Crippen LogP contribution in [-0.2, 0) is 14.3 Å². The van der Waals surface area contributed by atoms with Gasteiger partial charge < -0.3 is 30.7 Å². The minimum Gasteiger partial charge on any atom is -0.384 e. The molecule has 10 nitrogen and oxygen atoms in total. The van der Waals surface area contributed by atoms with Crippen LogP contribution in [0.5, 0.6) is 0 Å². The molecule has 2 aromatic carbocycles. The molecule has 0 aliphatic carbocycles. The highest BCUT2D eigenvalue weighted by Gasteiger charge is 2.39. The fourth-order valence-electron chi connectivity index (χ4n) is 3.22. The number of amidine groups is 1. The summed E-state index contributed by atoms with van der Waals surface area (Å²) in [5.74, 6) is -1.63. The zero-order valence-electron chi connectivity index (χ0n) is 17.7. The lowest BCUT2D eigenvalue weighted by Crippen LogP contribution is -2.55. The minimum absolute atomic E-state index is 0.108. The molecule has 0 spiro atoms. The van der Waals surface area contributed by atoms with E-state index < -0.39 is 24.0 Å². The molecule has 2 atom stereocenters. The van der Waals surface area contributed by atoms with Gasteiger partial charge in [0.2, 0.25) is 0 Å². The number of hydrogen-bond donors (Lipinski definition) is 4. The van der Waals surface area contributed by atoms with Crippen LogP contribution >= 0.6 is 0 Å². The van der Waals surface area contributed by atoms with Gasteiger partial charge >= 0.3 is 0 Å². The normalized spacial score (nSPS) is 16.9.